The number of pyridine rings is 1. The molecule has 0 spiro atoms. The number of hydrogen-bond donors (Lipinski definition) is 2. The van der Waals surface area contributed by atoms with Crippen molar-refractivity contribution in [3.63, 3.8) is 0 Å². The second kappa shape index (κ2) is 6.71. The van der Waals surface area contributed by atoms with E-state index in [1.807, 2.05) is 16.7 Å². The van der Waals surface area contributed by atoms with E-state index in [1.165, 1.54) is 11.1 Å². The lowest BCUT2D eigenvalue weighted by molar-refractivity contribution is 0.0695. The molecule has 5 rings (SSSR count). The van der Waals surface area contributed by atoms with Crippen LogP contribution in [0.1, 0.15) is 58.6 Å². The predicted octanol–water partition coefficient (Wildman–Crippen LogP) is 4.14. The van der Waals surface area contributed by atoms with Crippen molar-refractivity contribution in [3.8, 4) is 16.2 Å². The number of carboxylic acid groups (broad SMARTS) is 1. The molecule has 7 heteroatoms. The molecule has 29 heavy (non-hydrogen) atoms. The zero-order valence-corrected chi connectivity index (χ0v) is 16.8. The first-order chi connectivity index (χ1) is 14.0. The Morgan fingerprint density at radius 2 is 2.07 bits per heavy atom. The van der Waals surface area contributed by atoms with E-state index in [0.29, 0.717) is 16.7 Å². The lowest BCUT2D eigenvalue weighted by Gasteiger charge is -2.17. The lowest BCUT2D eigenvalue weighted by atomic mass is 9.95. The van der Waals surface area contributed by atoms with E-state index in [1.54, 1.807) is 24.5 Å². The third-order valence-electron chi connectivity index (χ3n) is 5.87. The van der Waals surface area contributed by atoms with Gasteiger partial charge in [0.2, 0.25) is 5.43 Å². The number of hydrogen-bond acceptors (Lipinski definition) is 5. The van der Waals surface area contributed by atoms with Crippen LogP contribution < -0.4 is 10.2 Å². The Morgan fingerprint density at radius 1 is 1.28 bits per heavy atom. The zero-order chi connectivity index (χ0) is 20.3. The fourth-order valence-corrected chi connectivity index (χ4v) is 5.56. The fourth-order valence-electron chi connectivity index (χ4n) is 4.28. The van der Waals surface area contributed by atoms with Gasteiger partial charge in [-0.15, -0.1) is 11.3 Å². The minimum absolute atomic E-state index is 0.179. The van der Waals surface area contributed by atoms with Crippen LogP contribution in [-0.4, -0.2) is 27.9 Å². The molecule has 1 aromatic carbocycles. The van der Waals surface area contributed by atoms with Gasteiger partial charge in [0.15, 0.2) is 5.75 Å². The van der Waals surface area contributed by atoms with Gasteiger partial charge in [0.25, 0.3) is 0 Å². The number of ether oxygens (including phenoxy) is 1. The molecule has 2 heterocycles. The van der Waals surface area contributed by atoms with E-state index in [0.717, 1.165) is 48.1 Å². The molecule has 0 radical (unpaired) electrons. The summed E-state index contributed by atoms with van der Waals surface area (Å²) < 4.78 is 7.68. The highest BCUT2D eigenvalue weighted by molar-refractivity contribution is 7.15. The molecule has 0 amide bonds. The summed E-state index contributed by atoms with van der Waals surface area (Å²) in [4.78, 5) is 26.6. The normalized spacial score (nSPS) is 18.6. The maximum atomic E-state index is 12.8. The molecule has 2 aliphatic rings. The largest absolute Gasteiger partial charge is 0.494 e. The van der Waals surface area contributed by atoms with Crippen LogP contribution in [0, 0.1) is 0 Å². The van der Waals surface area contributed by atoms with Crippen LogP contribution in [0.2, 0.25) is 0 Å². The number of methoxy groups -OCH3 is 1. The number of aliphatic hydroxyl groups excluding tert-OH is 1. The van der Waals surface area contributed by atoms with Crippen molar-refractivity contribution >= 4 is 28.2 Å². The van der Waals surface area contributed by atoms with Gasteiger partial charge >= 0.3 is 5.97 Å². The number of nitrogens with zero attached hydrogens (tertiary/aromatic N) is 1. The molecule has 2 N–H and O–H groups in total. The summed E-state index contributed by atoms with van der Waals surface area (Å²) in [6, 6.07) is 5.74. The van der Waals surface area contributed by atoms with Crippen molar-refractivity contribution in [1.29, 1.82) is 0 Å². The highest BCUT2D eigenvalue weighted by Crippen LogP contribution is 2.46. The highest BCUT2D eigenvalue weighted by atomic mass is 32.1. The summed E-state index contributed by atoms with van der Waals surface area (Å²) in [5, 5.41) is 20.2. The molecule has 1 unspecified atom stereocenters. The van der Waals surface area contributed by atoms with Crippen LogP contribution >= 0.6 is 11.3 Å². The fraction of sp³-hybridized carbons (Fsp3) is 0.364. The number of aromatic carboxylic acids is 1. The molecule has 6 nitrogen and oxygen atoms in total. The number of thiophene rings is 1. The molecule has 150 valence electrons. The number of benzene rings is 1. The Kier molecular flexibility index (Phi) is 4.26. The molecule has 0 saturated heterocycles. The van der Waals surface area contributed by atoms with Crippen molar-refractivity contribution in [1.82, 2.24) is 4.57 Å². The van der Waals surface area contributed by atoms with Crippen LogP contribution in [0.4, 0.5) is 0 Å². The standard InChI is InChI=1S/C22H21NO5S/c1-28-21-12(18-9-14-16(24)3-2-4-17(14)29-18)7-8-13-19(21)23(11-5-6-11)10-15(20(13)25)22(26)27/h7-11,16,24H,2-6H2,1H3,(H,26,27). The van der Waals surface area contributed by atoms with Crippen LogP contribution in [-0.2, 0) is 6.42 Å². The van der Waals surface area contributed by atoms with Crippen molar-refractivity contribution < 1.29 is 19.7 Å². The van der Waals surface area contributed by atoms with E-state index < -0.39 is 17.5 Å². The Hall–Kier alpha value is -2.64. The average Bonchev–Trinajstić information content (AvgIpc) is 3.45. The summed E-state index contributed by atoms with van der Waals surface area (Å²) in [6.07, 6.45) is 5.63. The Morgan fingerprint density at radius 3 is 2.72 bits per heavy atom. The van der Waals surface area contributed by atoms with Crippen LogP contribution in [0.3, 0.4) is 0 Å². The topological polar surface area (TPSA) is 88.8 Å². The molecule has 1 atom stereocenters. The van der Waals surface area contributed by atoms with E-state index in [9.17, 15) is 19.8 Å². The first-order valence-corrected chi connectivity index (χ1v) is 10.6. The van der Waals surface area contributed by atoms with Crippen LogP contribution in [0.15, 0.2) is 29.2 Å². The van der Waals surface area contributed by atoms with Crippen molar-refractivity contribution in [2.24, 2.45) is 0 Å². The number of rotatable bonds is 4. The molecular weight excluding hydrogens is 390 g/mol. The predicted molar refractivity (Wildman–Crippen MR) is 111 cm³/mol. The number of fused-ring (bicyclic) bond motifs is 2. The molecule has 1 saturated carbocycles. The summed E-state index contributed by atoms with van der Waals surface area (Å²) in [5.74, 6) is -0.634. The highest BCUT2D eigenvalue weighted by Gasteiger charge is 2.30. The Labute approximate surface area is 171 Å². The quantitative estimate of drug-likeness (QED) is 0.674. The number of aliphatic hydroxyl groups is 1. The van der Waals surface area contributed by atoms with E-state index in [4.69, 9.17) is 4.74 Å². The third kappa shape index (κ3) is 2.88. The second-order valence-electron chi connectivity index (χ2n) is 7.76. The van der Waals surface area contributed by atoms with Crippen LogP contribution in [0.5, 0.6) is 5.75 Å². The Balaban J connectivity index is 1.79. The molecular formula is C22H21NO5S. The smallest absolute Gasteiger partial charge is 0.341 e. The number of aryl methyl sites for hydroxylation is 1. The van der Waals surface area contributed by atoms with Gasteiger partial charge in [0.05, 0.1) is 24.1 Å². The van der Waals surface area contributed by atoms with Gasteiger partial charge in [-0.1, -0.05) is 0 Å². The molecule has 2 aliphatic carbocycles. The summed E-state index contributed by atoms with van der Waals surface area (Å²) in [6.45, 7) is 0. The molecule has 2 aromatic heterocycles. The number of aromatic nitrogens is 1. The maximum Gasteiger partial charge on any atom is 0.341 e. The second-order valence-corrected chi connectivity index (χ2v) is 8.89. The van der Waals surface area contributed by atoms with E-state index >= 15 is 0 Å². The van der Waals surface area contributed by atoms with Gasteiger partial charge in [-0.25, -0.2) is 4.79 Å². The van der Waals surface area contributed by atoms with Crippen LogP contribution in [0.25, 0.3) is 21.3 Å². The van der Waals surface area contributed by atoms with Gasteiger partial charge in [-0.2, -0.15) is 0 Å². The van der Waals surface area contributed by atoms with Gasteiger partial charge in [-0.3, -0.25) is 4.79 Å². The van der Waals surface area contributed by atoms with Gasteiger partial charge < -0.3 is 19.5 Å². The summed E-state index contributed by atoms with van der Waals surface area (Å²) in [5.41, 5.74) is 1.79. The first kappa shape index (κ1) is 18.4. The van der Waals surface area contributed by atoms with E-state index in [-0.39, 0.29) is 11.6 Å². The molecule has 3 aromatic rings. The molecule has 0 bridgehead atoms. The Bertz CT molecular complexity index is 1200. The monoisotopic (exact) mass is 411 g/mol. The zero-order valence-electron chi connectivity index (χ0n) is 16.0. The van der Waals surface area contributed by atoms with E-state index in [2.05, 4.69) is 0 Å². The molecule has 1 fully saturated rings. The number of carbonyl (C=O) groups is 1. The minimum Gasteiger partial charge on any atom is -0.494 e. The third-order valence-corrected chi connectivity index (χ3v) is 7.11. The van der Waals surface area contributed by atoms with Crippen molar-refractivity contribution in [3.05, 3.63) is 50.6 Å². The molecule has 0 aliphatic heterocycles. The first-order valence-electron chi connectivity index (χ1n) is 9.79. The maximum absolute atomic E-state index is 12.8. The summed E-state index contributed by atoms with van der Waals surface area (Å²) in [7, 11) is 1.58. The average molecular weight is 411 g/mol. The lowest BCUT2D eigenvalue weighted by Crippen LogP contribution is -2.19. The van der Waals surface area contributed by atoms with Gasteiger partial charge in [-0.05, 0) is 55.9 Å². The van der Waals surface area contributed by atoms with Gasteiger partial charge in [0, 0.05) is 27.6 Å². The van der Waals surface area contributed by atoms with Gasteiger partial charge in [0.1, 0.15) is 5.56 Å². The SMILES string of the molecule is COc1c(-c2cc3c(s2)CCCC3O)ccc2c(=O)c(C(=O)O)cn(C3CC3)c12. The minimum atomic E-state index is -1.21. The van der Waals surface area contributed by atoms with Crippen molar-refractivity contribution in [2.45, 2.75) is 44.2 Å². The van der Waals surface area contributed by atoms with Crippen molar-refractivity contribution in [2.75, 3.05) is 7.11 Å². The summed E-state index contributed by atoms with van der Waals surface area (Å²) >= 11 is 1.65. The number of carboxylic acids is 1.